The number of fused-ring (bicyclic) bond motifs is 8. The van der Waals surface area contributed by atoms with Crippen LogP contribution in [0.5, 0.6) is 0 Å². The van der Waals surface area contributed by atoms with Gasteiger partial charge in [0.2, 0.25) is 0 Å². The Labute approximate surface area is 323 Å². The van der Waals surface area contributed by atoms with Crippen LogP contribution in [0.25, 0.3) is 80.7 Å². The minimum Gasteiger partial charge on any atom is -0.310 e. The first-order valence-corrected chi connectivity index (χ1v) is 19.6. The highest BCUT2D eigenvalue weighted by Gasteiger charge is 2.21. The molecule has 0 atom stereocenters. The van der Waals surface area contributed by atoms with Crippen molar-refractivity contribution in [1.29, 1.82) is 0 Å². The smallest absolute Gasteiger partial charge is 0.0562 e. The van der Waals surface area contributed by atoms with Crippen LogP contribution in [0, 0.1) is 0 Å². The van der Waals surface area contributed by atoms with Crippen LogP contribution in [0.15, 0.2) is 206 Å². The van der Waals surface area contributed by atoms with Gasteiger partial charge in [0.15, 0.2) is 0 Å². The van der Waals surface area contributed by atoms with E-state index in [2.05, 4.69) is 216 Å². The van der Waals surface area contributed by atoms with E-state index in [1.54, 1.807) is 0 Å². The maximum atomic E-state index is 2.43. The third-order valence-corrected chi connectivity index (χ3v) is 12.1. The van der Waals surface area contributed by atoms with E-state index in [1.165, 1.54) is 75.0 Å². The van der Waals surface area contributed by atoms with Crippen molar-refractivity contribution in [2.75, 3.05) is 4.90 Å². The van der Waals surface area contributed by atoms with Crippen molar-refractivity contribution >= 4 is 81.1 Å². The molecule has 0 saturated carbocycles. The second-order valence-corrected chi connectivity index (χ2v) is 15.2. The van der Waals surface area contributed by atoms with Crippen molar-refractivity contribution < 1.29 is 0 Å². The molecule has 2 aromatic heterocycles. The third kappa shape index (κ3) is 5.16. The molecule has 0 aliphatic rings. The Kier molecular flexibility index (Phi) is 7.39. The van der Waals surface area contributed by atoms with Crippen molar-refractivity contribution in [2.45, 2.75) is 0 Å². The van der Waals surface area contributed by atoms with Gasteiger partial charge in [-0.05, 0) is 99.8 Å². The van der Waals surface area contributed by atoms with Gasteiger partial charge in [-0.1, -0.05) is 140 Å². The van der Waals surface area contributed by atoms with Crippen LogP contribution >= 0.6 is 11.3 Å². The molecule has 55 heavy (non-hydrogen) atoms. The highest BCUT2D eigenvalue weighted by Crippen LogP contribution is 2.46. The number of hydrogen-bond donors (Lipinski definition) is 0. The number of nitrogens with zero attached hydrogens (tertiary/aromatic N) is 2. The maximum absolute atomic E-state index is 2.43. The van der Waals surface area contributed by atoms with E-state index >= 15 is 0 Å². The minimum atomic E-state index is 1.10. The summed E-state index contributed by atoms with van der Waals surface area (Å²) in [6, 6.07) is 75.0. The first-order chi connectivity index (χ1) is 27.3. The summed E-state index contributed by atoms with van der Waals surface area (Å²) in [6.07, 6.45) is 0. The van der Waals surface area contributed by atoms with E-state index in [1.807, 2.05) is 11.3 Å². The number of para-hydroxylation sites is 2. The molecule has 258 valence electrons. The van der Waals surface area contributed by atoms with E-state index < -0.39 is 0 Å². The standard InChI is InChI=1S/C52H34N2S/c1-3-14-35(15-4-1)36-26-30-39(31-27-36)53(47-23-13-24-48-52(47)43-20-9-11-22-46(43)54(48)38-16-5-2-6-17-38)40-32-28-37(29-33-40)45-34-50-51(42-19-8-7-18-41(42)45)44-21-10-12-25-49(44)55-50/h1-34H. The Morgan fingerprint density at radius 1 is 0.364 bits per heavy atom. The van der Waals surface area contributed by atoms with Crippen molar-refractivity contribution in [1.82, 2.24) is 4.57 Å². The zero-order valence-electron chi connectivity index (χ0n) is 29.9. The average Bonchev–Trinajstić information content (AvgIpc) is 3.81. The molecule has 0 fully saturated rings. The normalized spacial score (nSPS) is 11.6. The molecule has 9 aromatic carbocycles. The molecule has 3 heteroatoms. The molecule has 0 radical (unpaired) electrons. The lowest BCUT2D eigenvalue weighted by Gasteiger charge is -2.27. The Morgan fingerprint density at radius 3 is 1.67 bits per heavy atom. The fraction of sp³-hybridized carbons (Fsp3) is 0. The van der Waals surface area contributed by atoms with Crippen LogP contribution in [0.4, 0.5) is 17.1 Å². The summed E-state index contributed by atoms with van der Waals surface area (Å²) in [6.45, 7) is 0. The van der Waals surface area contributed by atoms with Gasteiger partial charge in [-0.3, -0.25) is 0 Å². The molecule has 0 amide bonds. The van der Waals surface area contributed by atoms with Gasteiger partial charge in [0, 0.05) is 48.0 Å². The lowest BCUT2D eigenvalue weighted by molar-refractivity contribution is 1.18. The van der Waals surface area contributed by atoms with Crippen molar-refractivity contribution in [2.24, 2.45) is 0 Å². The highest BCUT2D eigenvalue weighted by atomic mass is 32.1. The molecule has 11 aromatic rings. The molecule has 0 unspecified atom stereocenters. The summed E-state index contributed by atoms with van der Waals surface area (Å²) >= 11 is 1.88. The zero-order chi connectivity index (χ0) is 36.3. The van der Waals surface area contributed by atoms with Gasteiger partial charge >= 0.3 is 0 Å². The van der Waals surface area contributed by atoms with E-state index in [0.29, 0.717) is 0 Å². The lowest BCUT2D eigenvalue weighted by Crippen LogP contribution is -2.10. The molecule has 0 aliphatic heterocycles. The molecular weight excluding hydrogens is 685 g/mol. The van der Waals surface area contributed by atoms with Crippen LogP contribution in [-0.2, 0) is 0 Å². The molecule has 0 spiro atoms. The van der Waals surface area contributed by atoms with Gasteiger partial charge in [-0.25, -0.2) is 0 Å². The SMILES string of the molecule is c1ccc(-c2ccc(N(c3ccc(-c4cc5sc6ccccc6c5c5ccccc45)cc3)c3cccc4c3c3ccccc3n4-c3ccccc3)cc2)cc1. The van der Waals surface area contributed by atoms with Crippen LogP contribution in [0.1, 0.15) is 0 Å². The lowest BCUT2D eigenvalue weighted by atomic mass is 9.95. The van der Waals surface area contributed by atoms with Crippen LogP contribution < -0.4 is 4.90 Å². The molecule has 0 saturated heterocycles. The van der Waals surface area contributed by atoms with Crippen molar-refractivity contribution in [3.8, 4) is 27.9 Å². The second kappa shape index (κ2) is 12.9. The number of rotatable bonds is 6. The fourth-order valence-electron chi connectivity index (χ4n) is 8.52. The van der Waals surface area contributed by atoms with Gasteiger partial charge in [0.1, 0.15) is 0 Å². The van der Waals surface area contributed by atoms with Crippen molar-refractivity contribution in [3.05, 3.63) is 206 Å². The quantitative estimate of drug-likeness (QED) is 0.166. The first kappa shape index (κ1) is 31.6. The zero-order valence-corrected chi connectivity index (χ0v) is 30.7. The number of hydrogen-bond acceptors (Lipinski definition) is 2. The average molecular weight is 719 g/mol. The number of aromatic nitrogens is 1. The summed E-state index contributed by atoms with van der Waals surface area (Å²) in [5.41, 5.74) is 11.7. The first-order valence-electron chi connectivity index (χ1n) is 18.8. The largest absolute Gasteiger partial charge is 0.310 e. The van der Waals surface area contributed by atoms with Crippen LogP contribution in [0.3, 0.4) is 0 Å². The van der Waals surface area contributed by atoms with Crippen molar-refractivity contribution in [3.63, 3.8) is 0 Å². The van der Waals surface area contributed by atoms with Crippen LogP contribution in [-0.4, -0.2) is 4.57 Å². The van der Waals surface area contributed by atoms with E-state index in [-0.39, 0.29) is 0 Å². The van der Waals surface area contributed by atoms with Crippen LogP contribution in [0.2, 0.25) is 0 Å². The Bertz CT molecular complexity index is 3180. The predicted molar refractivity (Wildman–Crippen MR) is 237 cm³/mol. The Hall–Kier alpha value is -6.94. The van der Waals surface area contributed by atoms with Gasteiger partial charge in [0.05, 0.1) is 16.7 Å². The Balaban J connectivity index is 1.11. The second-order valence-electron chi connectivity index (χ2n) is 14.1. The van der Waals surface area contributed by atoms with E-state index in [9.17, 15) is 0 Å². The van der Waals surface area contributed by atoms with E-state index in [4.69, 9.17) is 0 Å². The topological polar surface area (TPSA) is 8.17 Å². The molecule has 0 bridgehead atoms. The summed E-state index contributed by atoms with van der Waals surface area (Å²) in [5.74, 6) is 0. The number of benzene rings is 9. The molecule has 2 heterocycles. The van der Waals surface area contributed by atoms with Gasteiger partial charge in [-0.15, -0.1) is 11.3 Å². The predicted octanol–water partition coefficient (Wildman–Crippen LogP) is 15.1. The highest BCUT2D eigenvalue weighted by molar-refractivity contribution is 7.26. The minimum absolute atomic E-state index is 1.10. The third-order valence-electron chi connectivity index (χ3n) is 11.0. The molecule has 0 aliphatic carbocycles. The summed E-state index contributed by atoms with van der Waals surface area (Å²) < 4.78 is 5.04. The van der Waals surface area contributed by atoms with Gasteiger partial charge < -0.3 is 9.47 Å². The summed E-state index contributed by atoms with van der Waals surface area (Å²) in [5, 5.41) is 7.71. The fourth-order valence-corrected chi connectivity index (χ4v) is 9.68. The van der Waals surface area contributed by atoms with Gasteiger partial charge in [-0.2, -0.15) is 0 Å². The summed E-state index contributed by atoms with van der Waals surface area (Å²) in [4.78, 5) is 2.43. The molecule has 2 nitrogen and oxygen atoms in total. The number of thiophene rings is 1. The monoisotopic (exact) mass is 718 g/mol. The summed E-state index contributed by atoms with van der Waals surface area (Å²) in [7, 11) is 0. The Morgan fingerprint density at radius 2 is 0.927 bits per heavy atom. The molecular formula is C52H34N2S. The maximum Gasteiger partial charge on any atom is 0.0562 e. The van der Waals surface area contributed by atoms with E-state index in [0.717, 1.165) is 22.7 Å². The number of anilines is 3. The van der Waals surface area contributed by atoms with Gasteiger partial charge in [0.25, 0.3) is 0 Å². The molecule has 0 N–H and O–H groups in total. The molecule has 11 rings (SSSR count).